The number of nitrogens with one attached hydrogen (secondary N) is 2. The van der Waals surface area contributed by atoms with Crippen molar-refractivity contribution in [3.63, 3.8) is 0 Å². The number of halogens is 4. The predicted molar refractivity (Wildman–Crippen MR) is 142 cm³/mol. The number of nitrogens with zero attached hydrogens (tertiary/aromatic N) is 6. The summed E-state index contributed by atoms with van der Waals surface area (Å²) >= 11 is 0. The molecule has 0 aliphatic rings. The Kier molecular flexibility index (Phi) is 8.12. The molecule has 2 aromatic carbocycles. The van der Waals surface area contributed by atoms with Crippen molar-refractivity contribution in [1.82, 2.24) is 34.9 Å². The first-order valence-electron chi connectivity index (χ1n) is 12.1. The van der Waals surface area contributed by atoms with E-state index in [-0.39, 0.29) is 5.82 Å². The van der Waals surface area contributed by atoms with Crippen molar-refractivity contribution in [2.24, 2.45) is 0 Å². The molecule has 0 saturated carbocycles. The van der Waals surface area contributed by atoms with Gasteiger partial charge < -0.3 is 10.4 Å². The molecule has 0 atom stereocenters. The topological polar surface area (TPSA) is 134 Å². The summed E-state index contributed by atoms with van der Waals surface area (Å²) in [7, 11) is 0. The molecule has 3 heterocycles. The molecule has 14 heteroatoms. The van der Waals surface area contributed by atoms with E-state index in [1.807, 2.05) is 58.0 Å². The first-order valence-corrected chi connectivity index (χ1v) is 12.1. The summed E-state index contributed by atoms with van der Waals surface area (Å²) in [5.41, 5.74) is 6.36. The minimum absolute atomic E-state index is 0.338. The van der Waals surface area contributed by atoms with Gasteiger partial charge >= 0.3 is 12.1 Å². The van der Waals surface area contributed by atoms with E-state index in [0.29, 0.717) is 17.2 Å². The highest BCUT2D eigenvalue weighted by Gasteiger charge is 2.38. The third kappa shape index (κ3) is 6.90. The van der Waals surface area contributed by atoms with Gasteiger partial charge in [0.15, 0.2) is 0 Å². The summed E-state index contributed by atoms with van der Waals surface area (Å²) < 4.78 is 48.1. The molecule has 3 aromatic heterocycles. The van der Waals surface area contributed by atoms with Gasteiger partial charge in [0.1, 0.15) is 17.5 Å². The molecule has 0 saturated heterocycles. The number of carbonyl (C=O) groups is 1. The van der Waals surface area contributed by atoms with E-state index in [1.165, 1.54) is 12.1 Å². The summed E-state index contributed by atoms with van der Waals surface area (Å²) in [4.78, 5) is 22.2. The third-order valence-electron chi connectivity index (χ3n) is 5.75. The number of carboxylic acids is 1. The number of aliphatic carboxylic acids is 1. The molecule has 0 spiro atoms. The van der Waals surface area contributed by atoms with Gasteiger partial charge in [-0.3, -0.25) is 5.10 Å². The van der Waals surface area contributed by atoms with Gasteiger partial charge in [0.25, 0.3) is 0 Å². The lowest BCUT2D eigenvalue weighted by Gasteiger charge is -2.10. The zero-order valence-corrected chi connectivity index (χ0v) is 22.2. The van der Waals surface area contributed by atoms with E-state index in [4.69, 9.17) is 9.90 Å². The first kappa shape index (κ1) is 28.9. The Morgan fingerprint density at radius 1 is 0.976 bits per heavy atom. The van der Waals surface area contributed by atoms with Gasteiger partial charge in [-0.15, -0.1) is 0 Å². The van der Waals surface area contributed by atoms with Gasteiger partial charge in [-0.05, 0) is 81.8 Å². The highest BCUT2D eigenvalue weighted by atomic mass is 19.4. The number of anilines is 2. The highest BCUT2D eigenvalue weighted by molar-refractivity contribution is 5.75. The maximum Gasteiger partial charge on any atom is 0.490 e. The fraction of sp³-hybridized carbons (Fsp3) is 0.185. The van der Waals surface area contributed by atoms with E-state index in [2.05, 4.69) is 35.6 Å². The lowest BCUT2D eigenvalue weighted by Crippen LogP contribution is -2.21. The van der Waals surface area contributed by atoms with Crippen molar-refractivity contribution in [2.75, 3.05) is 5.32 Å². The fourth-order valence-electron chi connectivity index (χ4n) is 4.02. The van der Waals surface area contributed by atoms with Crippen LogP contribution in [0.15, 0.2) is 54.7 Å². The zero-order chi connectivity index (χ0) is 29.9. The van der Waals surface area contributed by atoms with Crippen molar-refractivity contribution >= 4 is 17.6 Å². The van der Waals surface area contributed by atoms with Gasteiger partial charge in [0, 0.05) is 28.7 Å². The van der Waals surface area contributed by atoms with Gasteiger partial charge in [-0.1, -0.05) is 0 Å². The zero-order valence-electron chi connectivity index (χ0n) is 22.2. The number of hydrogen-bond donors (Lipinski definition) is 3. The maximum absolute atomic E-state index is 14.5. The van der Waals surface area contributed by atoms with Crippen LogP contribution in [0.3, 0.4) is 0 Å². The fourth-order valence-corrected chi connectivity index (χ4v) is 4.02. The molecule has 0 unspecified atom stereocenters. The Morgan fingerprint density at radius 2 is 1.63 bits per heavy atom. The van der Waals surface area contributed by atoms with Crippen LogP contribution in [0, 0.1) is 33.5 Å². The van der Waals surface area contributed by atoms with Crippen LogP contribution in [0.1, 0.15) is 23.0 Å². The van der Waals surface area contributed by atoms with Crippen LogP contribution in [0.2, 0.25) is 0 Å². The summed E-state index contributed by atoms with van der Waals surface area (Å²) in [6, 6.07) is 14.4. The van der Waals surface area contributed by atoms with Crippen LogP contribution in [-0.2, 0) is 4.79 Å². The molecule has 212 valence electrons. The summed E-state index contributed by atoms with van der Waals surface area (Å²) in [6.45, 7) is 7.59. The van der Waals surface area contributed by atoms with Crippen molar-refractivity contribution in [3.05, 3.63) is 83.6 Å². The second kappa shape index (κ2) is 11.5. The number of H-pyrrole nitrogens is 1. The van der Waals surface area contributed by atoms with Crippen molar-refractivity contribution in [1.29, 1.82) is 0 Å². The predicted octanol–water partition coefficient (Wildman–Crippen LogP) is 5.86. The van der Waals surface area contributed by atoms with Crippen molar-refractivity contribution in [3.8, 4) is 28.1 Å². The van der Waals surface area contributed by atoms with Crippen molar-refractivity contribution in [2.45, 2.75) is 33.9 Å². The van der Waals surface area contributed by atoms with E-state index >= 15 is 0 Å². The number of hydrogen-bond acceptors (Lipinski definition) is 7. The molecule has 5 aromatic rings. The van der Waals surface area contributed by atoms with E-state index in [1.54, 1.807) is 16.9 Å². The molecule has 0 amide bonds. The van der Waals surface area contributed by atoms with E-state index in [0.717, 1.165) is 45.5 Å². The summed E-state index contributed by atoms with van der Waals surface area (Å²) in [5, 5.41) is 21.9. The van der Waals surface area contributed by atoms with Crippen LogP contribution in [0.5, 0.6) is 0 Å². The summed E-state index contributed by atoms with van der Waals surface area (Å²) in [6.07, 6.45) is -3.43. The van der Waals surface area contributed by atoms with Crippen LogP contribution >= 0.6 is 0 Å². The molecular formula is C27H24F4N8O2. The normalized spacial score (nSPS) is 11.1. The van der Waals surface area contributed by atoms with Crippen LogP contribution in [-0.4, -0.2) is 52.2 Å². The average Bonchev–Trinajstić information content (AvgIpc) is 3.43. The number of benzene rings is 2. The largest absolute Gasteiger partial charge is 0.490 e. The molecule has 0 aliphatic heterocycles. The molecule has 10 nitrogen and oxygen atoms in total. The van der Waals surface area contributed by atoms with E-state index < -0.39 is 12.1 Å². The molecule has 0 aliphatic carbocycles. The standard InChI is InChI=1S/C25H23FN8.C2HF3O2/c1-14-24(15(2)32-31-14)19-11-18(12-20(26)13-19)23-9-10-27-25(30-23)29-21-5-7-22(8-6-21)34-17(4)28-16(3)33-34;3-2(4,5)1(6)7/h5-13H,1-4H3,(H,31,32)(H,27,29,30);(H,6,7). The SMILES string of the molecule is Cc1nc(C)n(-c2ccc(Nc3nccc(-c4cc(F)cc(-c5c(C)n[nH]c5C)c4)n3)cc2)n1.O=C(O)C(F)(F)F. The molecule has 5 rings (SSSR count). The Balaban J connectivity index is 0.000000493. The Morgan fingerprint density at radius 3 is 2.20 bits per heavy atom. The van der Waals surface area contributed by atoms with Crippen molar-refractivity contribution < 1.29 is 27.5 Å². The quantitative estimate of drug-likeness (QED) is 0.224. The van der Waals surface area contributed by atoms with Crippen LogP contribution in [0.4, 0.5) is 29.2 Å². The minimum Gasteiger partial charge on any atom is -0.475 e. The number of aromatic nitrogens is 7. The van der Waals surface area contributed by atoms with Crippen LogP contribution < -0.4 is 5.32 Å². The van der Waals surface area contributed by atoms with E-state index in [9.17, 15) is 17.6 Å². The first-order chi connectivity index (χ1) is 19.3. The highest BCUT2D eigenvalue weighted by Crippen LogP contribution is 2.30. The molecule has 3 N–H and O–H groups in total. The number of alkyl halides is 3. The summed E-state index contributed by atoms with van der Waals surface area (Å²) in [5.74, 6) is -1.13. The lowest BCUT2D eigenvalue weighted by atomic mass is 10.00. The van der Waals surface area contributed by atoms with Gasteiger partial charge in [0.05, 0.1) is 17.1 Å². The molecule has 0 radical (unpaired) electrons. The monoisotopic (exact) mass is 568 g/mol. The van der Waals surface area contributed by atoms with Crippen LogP contribution in [0.25, 0.3) is 28.1 Å². The smallest absolute Gasteiger partial charge is 0.475 e. The van der Waals surface area contributed by atoms with Gasteiger partial charge in [-0.2, -0.15) is 23.4 Å². The Hall–Kier alpha value is -5.14. The number of aromatic amines is 1. The molecule has 41 heavy (non-hydrogen) atoms. The third-order valence-corrected chi connectivity index (χ3v) is 5.75. The molecule has 0 bridgehead atoms. The van der Waals surface area contributed by atoms with Gasteiger partial charge in [0.2, 0.25) is 5.95 Å². The average molecular weight is 569 g/mol. The number of carboxylic acid groups (broad SMARTS) is 1. The number of aryl methyl sites for hydroxylation is 4. The maximum atomic E-state index is 14.5. The number of rotatable bonds is 5. The Labute approximate surface area is 231 Å². The Bertz CT molecular complexity index is 1680. The second-order valence-electron chi connectivity index (χ2n) is 8.90. The lowest BCUT2D eigenvalue weighted by molar-refractivity contribution is -0.192. The second-order valence-corrected chi connectivity index (χ2v) is 8.90. The molecule has 0 fully saturated rings. The van der Waals surface area contributed by atoms with Gasteiger partial charge in [-0.25, -0.2) is 28.8 Å². The molecular weight excluding hydrogens is 544 g/mol. The minimum atomic E-state index is -5.08.